The third-order valence-corrected chi connectivity index (χ3v) is 6.07. The SMILES string of the molecule is COc1ccc(OCCCC(=O)Nc2ccc(S(=O)(=O)Nc3ccc(Cl)cc3)cc2)cc1. The quantitative estimate of drug-likeness (QED) is 0.405. The van der Waals surface area contributed by atoms with Crippen molar-refractivity contribution in [3.05, 3.63) is 77.8 Å². The van der Waals surface area contributed by atoms with Gasteiger partial charge in [0.25, 0.3) is 10.0 Å². The third kappa shape index (κ3) is 6.90. The summed E-state index contributed by atoms with van der Waals surface area (Å²) in [6.45, 7) is 0.396. The molecule has 9 heteroatoms. The summed E-state index contributed by atoms with van der Waals surface area (Å²) in [6, 6.07) is 19.5. The zero-order valence-corrected chi connectivity index (χ0v) is 18.9. The van der Waals surface area contributed by atoms with E-state index in [1.54, 1.807) is 67.8 Å². The Balaban J connectivity index is 1.45. The van der Waals surface area contributed by atoms with Crippen LogP contribution in [-0.4, -0.2) is 28.0 Å². The summed E-state index contributed by atoms with van der Waals surface area (Å²) >= 11 is 5.81. The van der Waals surface area contributed by atoms with Crippen LogP contribution in [0.5, 0.6) is 11.5 Å². The first-order valence-corrected chi connectivity index (χ1v) is 11.7. The van der Waals surface area contributed by atoms with E-state index >= 15 is 0 Å². The van der Waals surface area contributed by atoms with Crippen LogP contribution in [0.1, 0.15) is 12.8 Å². The number of methoxy groups -OCH3 is 1. The van der Waals surface area contributed by atoms with Crippen molar-refractivity contribution in [2.75, 3.05) is 23.8 Å². The average molecular weight is 475 g/mol. The minimum absolute atomic E-state index is 0.0818. The van der Waals surface area contributed by atoms with Crippen LogP contribution in [0.3, 0.4) is 0 Å². The Morgan fingerprint density at radius 2 is 1.47 bits per heavy atom. The van der Waals surface area contributed by atoms with Gasteiger partial charge in [-0.25, -0.2) is 8.42 Å². The molecule has 32 heavy (non-hydrogen) atoms. The van der Waals surface area contributed by atoms with Crippen LogP contribution < -0.4 is 19.5 Å². The average Bonchev–Trinajstić information content (AvgIpc) is 2.79. The second-order valence-electron chi connectivity index (χ2n) is 6.81. The fraction of sp³-hybridized carbons (Fsp3) is 0.174. The van der Waals surface area contributed by atoms with Gasteiger partial charge in [-0.15, -0.1) is 0 Å². The van der Waals surface area contributed by atoms with E-state index in [-0.39, 0.29) is 17.2 Å². The second-order valence-corrected chi connectivity index (χ2v) is 8.93. The first kappa shape index (κ1) is 23.4. The van der Waals surface area contributed by atoms with Crippen molar-refractivity contribution in [2.45, 2.75) is 17.7 Å². The molecule has 0 bridgehead atoms. The maximum Gasteiger partial charge on any atom is 0.261 e. The lowest BCUT2D eigenvalue weighted by Crippen LogP contribution is -2.14. The van der Waals surface area contributed by atoms with Crippen molar-refractivity contribution in [3.63, 3.8) is 0 Å². The molecule has 0 unspecified atom stereocenters. The molecular formula is C23H23ClN2O5S. The highest BCUT2D eigenvalue weighted by Gasteiger charge is 2.14. The van der Waals surface area contributed by atoms with Gasteiger partial charge in [0.2, 0.25) is 5.91 Å². The molecule has 0 fully saturated rings. The summed E-state index contributed by atoms with van der Waals surface area (Å²) in [7, 11) is -2.15. The maximum atomic E-state index is 12.5. The van der Waals surface area contributed by atoms with E-state index in [1.807, 2.05) is 0 Å². The van der Waals surface area contributed by atoms with E-state index in [1.165, 1.54) is 12.1 Å². The van der Waals surface area contributed by atoms with E-state index in [4.69, 9.17) is 21.1 Å². The molecule has 0 radical (unpaired) electrons. The molecule has 3 rings (SSSR count). The molecule has 0 saturated heterocycles. The molecule has 0 atom stereocenters. The van der Waals surface area contributed by atoms with Crippen LogP contribution in [0.25, 0.3) is 0 Å². The Labute approximate surface area is 192 Å². The molecule has 0 aromatic heterocycles. The smallest absolute Gasteiger partial charge is 0.261 e. The number of hydrogen-bond donors (Lipinski definition) is 2. The van der Waals surface area contributed by atoms with Crippen LogP contribution in [0.15, 0.2) is 77.7 Å². The van der Waals surface area contributed by atoms with Gasteiger partial charge in [0, 0.05) is 22.8 Å². The summed E-state index contributed by atoms with van der Waals surface area (Å²) < 4.78 is 38.2. The molecule has 3 aromatic carbocycles. The van der Waals surface area contributed by atoms with Crippen molar-refractivity contribution in [1.82, 2.24) is 0 Å². The largest absolute Gasteiger partial charge is 0.497 e. The van der Waals surface area contributed by atoms with Crippen molar-refractivity contribution < 1.29 is 22.7 Å². The number of amides is 1. The van der Waals surface area contributed by atoms with Crippen LogP contribution in [0.4, 0.5) is 11.4 Å². The van der Waals surface area contributed by atoms with Crippen LogP contribution in [0.2, 0.25) is 5.02 Å². The highest BCUT2D eigenvalue weighted by atomic mass is 35.5. The van der Waals surface area contributed by atoms with Gasteiger partial charge in [-0.05, 0) is 79.2 Å². The molecule has 1 amide bonds. The topological polar surface area (TPSA) is 93.7 Å². The van der Waals surface area contributed by atoms with Gasteiger partial charge in [0.15, 0.2) is 0 Å². The number of rotatable bonds is 10. The van der Waals surface area contributed by atoms with Crippen molar-refractivity contribution >= 4 is 38.9 Å². The molecule has 0 aliphatic rings. The third-order valence-electron chi connectivity index (χ3n) is 4.42. The van der Waals surface area contributed by atoms with Gasteiger partial charge < -0.3 is 14.8 Å². The molecule has 0 saturated carbocycles. The number of ether oxygens (including phenoxy) is 2. The minimum atomic E-state index is -3.75. The Morgan fingerprint density at radius 1 is 0.875 bits per heavy atom. The summed E-state index contributed by atoms with van der Waals surface area (Å²) in [5.41, 5.74) is 0.917. The van der Waals surface area contributed by atoms with E-state index in [9.17, 15) is 13.2 Å². The number of benzene rings is 3. The zero-order chi connectivity index (χ0) is 23.0. The molecule has 0 aliphatic heterocycles. The highest BCUT2D eigenvalue weighted by Crippen LogP contribution is 2.20. The Kier molecular flexibility index (Phi) is 7.97. The Hall–Kier alpha value is -3.23. The standard InChI is InChI=1S/C23H23ClN2O5S/c1-30-20-10-12-21(13-11-20)31-16-2-3-23(27)25-18-8-14-22(15-9-18)32(28,29)26-19-6-4-17(24)5-7-19/h4-15,26H,2-3,16H2,1H3,(H,25,27). The summed E-state index contributed by atoms with van der Waals surface area (Å²) in [5.74, 6) is 1.27. The van der Waals surface area contributed by atoms with E-state index in [0.29, 0.717) is 35.2 Å². The number of nitrogens with one attached hydrogen (secondary N) is 2. The second kappa shape index (κ2) is 10.9. The van der Waals surface area contributed by atoms with Gasteiger partial charge in [-0.1, -0.05) is 11.6 Å². The number of carbonyl (C=O) groups excluding carboxylic acids is 1. The van der Waals surface area contributed by atoms with E-state index < -0.39 is 10.0 Å². The van der Waals surface area contributed by atoms with Gasteiger partial charge in [0.1, 0.15) is 11.5 Å². The predicted octanol–water partition coefficient (Wildman–Crippen LogP) is 4.95. The highest BCUT2D eigenvalue weighted by molar-refractivity contribution is 7.92. The fourth-order valence-electron chi connectivity index (χ4n) is 2.77. The molecular weight excluding hydrogens is 452 g/mol. The summed E-state index contributed by atoms with van der Waals surface area (Å²) in [5, 5.41) is 3.26. The lowest BCUT2D eigenvalue weighted by molar-refractivity contribution is -0.116. The summed E-state index contributed by atoms with van der Waals surface area (Å²) in [4.78, 5) is 12.2. The van der Waals surface area contributed by atoms with Crippen molar-refractivity contribution in [2.24, 2.45) is 0 Å². The minimum Gasteiger partial charge on any atom is -0.497 e. The molecule has 0 heterocycles. The first-order chi connectivity index (χ1) is 15.4. The Bertz CT molecular complexity index is 1130. The molecule has 0 aliphatic carbocycles. The zero-order valence-electron chi connectivity index (χ0n) is 17.4. The summed E-state index contributed by atoms with van der Waals surface area (Å²) in [6.07, 6.45) is 0.809. The lowest BCUT2D eigenvalue weighted by Gasteiger charge is -2.10. The first-order valence-electron chi connectivity index (χ1n) is 9.81. The number of anilines is 2. The van der Waals surface area contributed by atoms with E-state index in [2.05, 4.69) is 10.0 Å². The Morgan fingerprint density at radius 3 is 2.09 bits per heavy atom. The van der Waals surface area contributed by atoms with Gasteiger partial charge in [0.05, 0.1) is 18.6 Å². The number of carbonyl (C=O) groups is 1. The molecule has 168 valence electrons. The van der Waals surface area contributed by atoms with Crippen LogP contribution >= 0.6 is 11.6 Å². The molecule has 2 N–H and O–H groups in total. The van der Waals surface area contributed by atoms with Crippen molar-refractivity contribution in [3.8, 4) is 11.5 Å². The number of halogens is 1. The fourth-order valence-corrected chi connectivity index (χ4v) is 3.95. The van der Waals surface area contributed by atoms with Crippen LogP contribution in [0, 0.1) is 0 Å². The lowest BCUT2D eigenvalue weighted by atomic mass is 10.2. The monoisotopic (exact) mass is 474 g/mol. The van der Waals surface area contributed by atoms with E-state index in [0.717, 1.165) is 5.75 Å². The van der Waals surface area contributed by atoms with Crippen LogP contribution in [-0.2, 0) is 14.8 Å². The molecule has 3 aromatic rings. The molecule has 7 nitrogen and oxygen atoms in total. The van der Waals surface area contributed by atoms with Gasteiger partial charge in [-0.2, -0.15) is 0 Å². The maximum absolute atomic E-state index is 12.5. The number of hydrogen-bond acceptors (Lipinski definition) is 5. The number of sulfonamides is 1. The van der Waals surface area contributed by atoms with Gasteiger partial charge >= 0.3 is 0 Å². The normalized spacial score (nSPS) is 10.9. The van der Waals surface area contributed by atoms with Crippen molar-refractivity contribution in [1.29, 1.82) is 0 Å². The van der Waals surface area contributed by atoms with Gasteiger partial charge in [-0.3, -0.25) is 9.52 Å². The predicted molar refractivity (Wildman–Crippen MR) is 125 cm³/mol. The molecule has 0 spiro atoms.